The molecule has 1 aliphatic rings. The first-order chi connectivity index (χ1) is 13.2. The van der Waals surface area contributed by atoms with Crippen LogP contribution in [-0.2, 0) is 13.1 Å². The van der Waals surface area contributed by atoms with Crippen LogP contribution in [0.4, 0.5) is 4.79 Å². The zero-order chi connectivity index (χ0) is 18.6. The number of amides is 2. The molecule has 0 bridgehead atoms. The maximum atomic E-state index is 12.1. The van der Waals surface area contributed by atoms with E-state index in [2.05, 4.69) is 31.7 Å². The molecular formula is C19H17BrN4O3. The van der Waals surface area contributed by atoms with Crippen LogP contribution in [0.2, 0.25) is 0 Å². The Morgan fingerprint density at radius 2 is 1.96 bits per heavy atom. The Hall–Kier alpha value is -3.00. The molecule has 0 unspecified atom stereocenters. The molecule has 0 fully saturated rings. The van der Waals surface area contributed by atoms with Crippen LogP contribution in [0.3, 0.4) is 0 Å². The molecule has 4 rings (SSSR count). The Morgan fingerprint density at radius 3 is 2.78 bits per heavy atom. The fraction of sp³-hybridized carbons (Fsp3) is 0.158. The van der Waals surface area contributed by atoms with Crippen molar-refractivity contribution in [2.45, 2.75) is 13.1 Å². The Morgan fingerprint density at radius 1 is 1.11 bits per heavy atom. The van der Waals surface area contributed by atoms with Crippen molar-refractivity contribution in [2.24, 2.45) is 0 Å². The Balaban J connectivity index is 1.32. The minimum Gasteiger partial charge on any atom is -0.454 e. The van der Waals surface area contributed by atoms with Crippen LogP contribution in [0.5, 0.6) is 11.5 Å². The summed E-state index contributed by atoms with van der Waals surface area (Å²) in [5, 5.41) is 9.92. The molecule has 0 spiro atoms. The van der Waals surface area contributed by atoms with Gasteiger partial charge < -0.3 is 20.1 Å². The van der Waals surface area contributed by atoms with Crippen molar-refractivity contribution in [1.82, 2.24) is 20.4 Å². The number of carbonyl (C=O) groups is 1. The number of benzene rings is 2. The van der Waals surface area contributed by atoms with Gasteiger partial charge in [-0.25, -0.2) is 9.48 Å². The summed E-state index contributed by atoms with van der Waals surface area (Å²) in [4.78, 5) is 12.1. The van der Waals surface area contributed by atoms with Gasteiger partial charge in [-0.3, -0.25) is 0 Å². The molecule has 1 aliphatic heterocycles. The third-order valence-corrected chi connectivity index (χ3v) is 4.66. The van der Waals surface area contributed by atoms with E-state index in [1.165, 1.54) is 0 Å². The standard InChI is InChI=1S/C19H17BrN4O3/c20-16-8-14(9-17-18(16)27-12-26-17)11-22-19(25)21-10-13-3-1-4-15(7-13)24-6-2-5-23-24/h1-9H,10-12H2,(H2,21,22,25). The smallest absolute Gasteiger partial charge is 0.315 e. The second kappa shape index (κ2) is 7.71. The van der Waals surface area contributed by atoms with E-state index in [9.17, 15) is 4.79 Å². The quantitative estimate of drug-likeness (QED) is 0.652. The summed E-state index contributed by atoms with van der Waals surface area (Å²) in [5.41, 5.74) is 2.86. The second-order valence-corrected chi connectivity index (χ2v) is 6.82. The first-order valence-corrected chi connectivity index (χ1v) is 9.17. The molecule has 0 aliphatic carbocycles. The molecule has 2 amide bonds. The molecule has 7 nitrogen and oxygen atoms in total. The average Bonchev–Trinajstić information content (AvgIpc) is 3.37. The minimum absolute atomic E-state index is 0.211. The van der Waals surface area contributed by atoms with E-state index in [4.69, 9.17) is 9.47 Å². The first-order valence-electron chi connectivity index (χ1n) is 8.38. The third-order valence-electron chi connectivity index (χ3n) is 4.07. The number of nitrogens with zero attached hydrogens (tertiary/aromatic N) is 2. The molecule has 0 saturated carbocycles. The van der Waals surface area contributed by atoms with Crippen LogP contribution in [0.25, 0.3) is 5.69 Å². The van der Waals surface area contributed by atoms with Crippen molar-refractivity contribution < 1.29 is 14.3 Å². The highest BCUT2D eigenvalue weighted by molar-refractivity contribution is 9.10. The van der Waals surface area contributed by atoms with Gasteiger partial charge in [0.05, 0.1) is 10.2 Å². The number of rotatable bonds is 5. The summed E-state index contributed by atoms with van der Waals surface area (Å²) in [6.45, 7) is 1.02. The normalized spacial score (nSPS) is 12.0. The topological polar surface area (TPSA) is 77.4 Å². The number of hydrogen-bond acceptors (Lipinski definition) is 4. The third kappa shape index (κ3) is 4.06. The van der Waals surface area contributed by atoms with Crippen LogP contribution in [0.1, 0.15) is 11.1 Å². The lowest BCUT2D eigenvalue weighted by Crippen LogP contribution is -2.34. The maximum absolute atomic E-state index is 12.1. The molecule has 0 atom stereocenters. The highest BCUT2D eigenvalue weighted by atomic mass is 79.9. The lowest BCUT2D eigenvalue weighted by Gasteiger charge is -2.10. The van der Waals surface area contributed by atoms with E-state index in [0.717, 1.165) is 21.3 Å². The molecule has 2 heterocycles. The van der Waals surface area contributed by atoms with Gasteiger partial charge in [0.25, 0.3) is 0 Å². The molecule has 0 radical (unpaired) electrons. The zero-order valence-electron chi connectivity index (χ0n) is 14.3. The van der Waals surface area contributed by atoms with Crippen LogP contribution < -0.4 is 20.1 Å². The first kappa shape index (κ1) is 17.4. The highest BCUT2D eigenvalue weighted by Gasteiger charge is 2.18. The van der Waals surface area contributed by atoms with Crippen molar-refractivity contribution in [2.75, 3.05) is 6.79 Å². The Labute approximate surface area is 164 Å². The van der Waals surface area contributed by atoms with Crippen LogP contribution in [0.15, 0.2) is 59.3 Å². The van der Waals surface area contributed by atoms with Crippen molar-refractivity contribution >= 4 is 22.0 Å². The van der Waals surface area contributed by atoms with E-state index in [-0.39, 0.29) is 12.8 Å². The Bertz CT molecular complexity index is 960. The zero-order valence-corrected chi connectivity index (χ0v) is 15.9. The van der Waals surface area contributed by atoms with Gasteiger partial charge in [-0.05, 0) is 57.4 Å². The van der Waals surface area contributed by atoms with Crippen LogP contribution in [0, 0.1) is 0 Å². The largest absolute Gasteiger partial charge is 0.454 e. The van der Waals surface area contributed by atoms with Gasteiger partial charge >= 0.3 is 6.03 Å². The number of nitrogens with one attached hydrogen (secondary N) is 2. The van der Waals surface area contributed by atoms with E-state index in [1.807, 2.05) is 48.7 Å². The second-order valence-electron chi connectivity index (χ2n) is 5.97. The summed E-state index contributed by atoms with van der Waals surface area (Å²) >= 11 is 3.45. The monoisotopic (exact) mass is 428 g/mol. The minimum atomic E-state index is -0.242. The van der Waals surface area contributed by atoms with Crippen LogP contribution in [-0.4, -0.2) is 22.6 Å². The summed E-state index contributed by atoms with van der Waals surface area (Å²) < 4.78 is 13.3. The number of fused-ring (bicyclic) bond motifs is 1. The molecule has 3 aromatic rings. The lowest BCUT2D eigenvalue weighted by molar-refractivity contribution is 0.173. The van der Waals surface area contributed by atoms with E-state index in [1.54, 1.807) is 10.9 Å². The van der Waals surface area contributed by atoms with E-state index >= 15 is 0 Å². The molecule has 2 N–H and O–H groups in total. The molecule has 2 aromatic carbocycles. The highest BCUT2D eigenvalue weighted by Crippen LogP contribution is 2.39. The van der Waals surface area contributed by atoms with Crippen molar-refractivity contribution in [3.05, 3.63) is 70.5 Å². The molecular weight excluding hydrogens is 412 g/mol. The van der Waals surface area contributed by atoms with Gasteiger partial charge in [0.15, 0.2) is 11.5 Å². The van der Waals surface area contributed by atoms with E-state index < -0.39 is 0 Å². The number of hydrogen-bond donors (Lipinski definition) is 2. The molecule has 138 valence electrons. The van der Waals surface area contributed by atoms with Gasteiger partial charge in [0, 0.05) is 25.5 Å². The summed E-state index contributed by atoms with van der Waals surface area (Å²) in [6.07, 6.45) is 3.61. The van der Waals surface area contributed by atoms with Gasteiger partial charge in [-0.2, -0.15) is 5.10 Å². The number of aromatic nitrogens is 2. The van der Waals surface area contributed by atoms with Gasteiger partial charge in [0.2, 0.25) is 6.79 Å². The average molecular weight is 429 g/mol. The van der Waals surface area contributed by atoms with Gasteiger partial charge in [0.1, 0.15) is 0 Å². The number of carbonyl (C=O) groups excluding carboxylic acids is 1. The lowest BCUT2D eigenvalue weighted by atomic mass is 10.2. The van der Waals surface area contributed by atoms with Crippen LogP contribution >= 0.6 is 15.9 Å². The summed E-state index contributed by atoms with van der Waals surface area (Å²) in [5.74, 6) is 1.37. The Kier molecular flexibility index (Phi) is 4.97. The SMILES string of the molecule is O=C(NCc1cccc(-n2cccn2)c1)NCc1cc(Br)c2c(c1)OCO2. The van der Waals surface area contributed by atoms with Crippen molar-refractivity contribution in [1.29, 1.82) is 0 Å². The molecule has 0 saturated heterocycles. The number of urea groups is 1. The molecule has 27 heavy (non-hydrogen) atoms. The number of ether oxygens (including phenoxy) is 2. The summed E-state index contributed by atoms with van der Waals surface area (Å²) in [7, 11) is 0. The maximum Gasteiger partial charge on any atom is 0.315 e. The fourth-order valence-corrected chi connectivity index (χ4v) is 3.38. The van der Waals surface area contributed by atoms with Crippen molar-refractivity contribution in [3.8, 4) is 17.2 Å². The predicted molar refractivity (Wildman–Crippen MR) is 103 cm³/mol. The summed E-state index contributed by atoms with van der Waals surface area (Å²) in [6, 6.07) is 13.2. The van der Waals surface area contributed by atoms with Gasteiger partial charge in [-0.15, -0.1) is 0 Å². The fourth-order valence-electron chi connectivity index (χ4n) is 2.78. The van der Waals surface area contributed by atoms with Crippen molar-refractivity contribution in [3.63, 3.8) is 0 Å². The predicted octanol–water partition coefficient (Wildman–Crippen LogP) is 3.36. The number of halogens is 1. The molecule has 8 heteroatoms. The van der Waals surface area contributed by atoms with E-state index in [0.29, 0.717) is 24.6 Å². The van der Waals surface area contributed by atoms with Gasteiger partial charge in [-0.1, -0.05) is 12.1 Å². The molecule has 1 aromatic heterocycles.